The van der Waals surface area contributed by atoms with Gasteiger partial charge in [0.1, 0.15) is 6.10 Å². The molecule has 0 saturated carbocycles. The molecule has 3 nitrogen and oxygen atoms in total. The van der Waals surface area contributed by atoms with E-state index in [1.54, 1.807) is 0 Å². The number of hydrogen-bond acceptors (Lipinski definition) is 3. The second kappa shape index (κ2) is 4.58. The molecular formula is C13H16ClNO2. The van der Waals surface area contributed by atoms with E-state index in [0.29, 0.717) is 6.61 Å². The van der Waals surface area contributed by atoms with Gasteiger partial charge in [0.2, 0.25) is 0 Å². The van der Waals surface area contributed by atoms with Gasteiger partial charge < -0.3 is 14.8 Å². The van der Waals surface area contributed by atoms with Crippen LogP contribution in [0.5, 0.6) is 0 Å². The Hall–Kier alpha value is -0.610. The maximum atomic E-state index is 6.11. The molecule has 92 valence electrons. The van der Waals surface area contributed by atoms with E-state index in [1.165, 1.54) is 0 Å². The van der Waals surface area contributed by atoms with E-state index in [2.05, 4.69) is 5.32 Å². The van der Waals surface area contributed by atoms with Gasteiger partial charge in [-0.2, -0.15) is 0 Å². The summed E-state index contributed by atoms with van der Waals surface area (Å²) in [5.74, 6) is -0.352. The monoisotopic (exact) mass is 253 g/mol. The molecule has 2 aliphatic rings. The molecule has 2 aliphatic heterocycles. The number of halogens is 1. The maximum absolute atomic E-state index is 6.11. The second-order valence-electron chi connectivity index (χ2n) is 4.63. The Bertz CT molecular complexity index is 387. The van der Waals surface area contributed by atoms with Gasteiger partial charge in [-0.05, 0) is 17.7 Å². The Labute approximate surface area is 106 Å². The number of nitrogens with one attached hydrogen (secondary N) is 1. The van der Waals surface area contributed by atoms with E-state index in [1.807, 2.05) is 24.3 Å². The second-order valence-corrected chi connectivity index (χ2v) is 5.07. The number of rotatable bonds is 1. The summed E-state index contributed by atoms with van der Waals surface area (Å²) in [7, 11) is 0. The molecular weight excluding hydrogens is 238 g/mol. The van der Waals surface area contributed by atoms with Gasteiger partial charge >= 0.3 is 0 Å². The molecule has 1 spiro atoms. The van der Waals surface area contributed by atoms with Crippen LogP contribution in [0.3, 0.4) is 0 Å². The summed E-state index contributed by atoms with van der Waals surface area (Å²) >= 11 is 5.88. The lowest BCUT2D eigenvalue weighted by molar-refractivity contribution is -0.183. The van der Waals surface area contributed by atoms with Crippen molar-refractivity contribution in [3.8, 4) is 0 Å². The normalized spacial score (nSPS) is 27.5. The predicted molar refractivity (Wildman–Crippen MR) is 66.1 cm³/mol. The fourth-order valence-corrected chi connectivity index (χ4v) is 2.59. The molecule has 2 saturated heterocycles. The zero-order valence-electron chi connectivity index (χ0n) is 9.62. The van der Waals surface area contributed by atoms with Crippen molar-refractivity contribution in [3.63, 3.8) is 0 Å². The molecule has 1 atom stereocenters. The molecule has 4 heteroatoms. The van der Waals surface area contributed by atoms with Crippen molar-refractivity contribution in [1.82, 2.24) is 5.32 Å². The van der Waals surface area contributed by atoms with Crippen molar-refractivity contribution in [2.24, 2.45) is 0 Å². The molecule has 0 aromatic heterocycles. The van der Waals surface area contributed by atoms with Crippen LogP contribution in [0.4, 0.5) is 0 Å². The molecule has 1 aromatic carbocycles. The number of hydrogen-bond donors (Lipinski definition) is 1. The first kappa shape index (κ1) is 11.5. The molecule has 1 unspecified atom stereocenters. The van der Waals surface area contributed by atoms with Crippen LogP contribution < -0.4 is 5.32 Å². The minimum Gasteiger partial charge on any atom is -0.347 e. The number of ether oxygens (including phenoxy) is 2. The Kier molecular flexibility index (Phi) is 3.09. The summed E-state index contributed by atoms with van der Waals surface area (Å²) in [5, 5.41) is 4.07. The lowest BCUT2D eigenvalue weighted by Crippen LogP contribution is -2.42. The molecule has 1 N–H and O–H groups in total. The van der Waals surface area contributed by atoms with Gasteiger partial charge in [0.25, 0.3) is 0 Å². The smallest absolute Gasteiger partial charge is 0.171 e. The van der Waals surface area contributed by atoms with Crippen LogP contribution in [-0.4, -0.2) is 25.5 Å². The average molecular weight is 254 g/mol. The van der Waals surface area contributed by atoms with Crippen LogP contribution in [0, 0.1) is 0 Å². The summed E-state index contributed by atoms with van der Waals surface area (Å²) < 4.78 is 12.0. The Morgan fingerprint density at radius 2 is 1.88 bits per heavy atom. The fraction of sp³-hybridized carbons (Fsp3) is 0.538. The molecule has 0 aliphatic carbocycles. The summed E-state index contributed by atoms with van der Waals surface area (Å²) in [6.07, 6.45) is 1.90. The van der Waals surface area contributed by atoms with Crippen molar-refractivity contribution >= 4 is 11.6 Å². The van der Waals surface area contributed by atoms with Gasteiger partial charge in [-0.25, -0.2) is 0 Å². The SMILES string of the molecule is Clc1ccc(C2COC3(CCNCC3)O2)cc1. The molecule has 0 radical (unpaired) electrons. The van der Waals surface area contributed by atoms with Crippen molar-refractivity contribution < 1.29 is 9.47 Å². The van der Waals surface area contributed by atoms with Crippen LogP contribution >= 0.6 is 11.6 Å². The minimum absolute atomic E-state index is 0.0466. The van der Waals surface area contributed by atoms with E-state index < -0.39 is 0 Å². The third-order valence-electron chi connectivity index (χ3n) is 3.46. The standard InChI is InChI=1S/C13H16ClNO2/c14-11-3-1-10(2-4-11)12-9-16-13(17-12)5-7-15-8-6-13/h1-4,12,15H,5-9H2. The van der Waals surface area contributed by atoms with Gasteiger partial charge in [-0.15, -0.1) is 0 Å². The molecule has 2 heterocycles. The van der Waals surface area contributed by atoms with Crippen LogP contribution in [-0.2, 0) is 9.47 Å². The average Bonchev–Trinajstić information content (AvgIpc) is 2.75. The first-order valence-electron chi connectivity index (χ1n) is 6.05. The van der Waals surface area contributed by atoms with Crippen LogP contribution in [0.15, 0.2) is 24.3 Å². The maximum Gasteiger partial charge on any atom is 0.171 e. The van der Waals surface area contributed by atoms with Gasteiger partial charge in [0, 0.05) is 31.0 Å². The Morgan fingerprint density at radius 1 is 1.18 bits per heavy atom. The van der Waals surface area contributed by atoms with Gasteiger partial charge in [-0.3, -0.25) is 0 Å². The summed E-state index contributed by atoms with van der Waals surface area (Å²) in [6, 6.07) is 7.81. The summed E-state index contributed by atoms with van der Waals surface area (Å²) in [6.45, 7) is 2.57. The summed E-state index contributed by atoms with van der Waals surface area (Å²) in [5.41, 5.74) is 1.14. The van der Waals surface area contributed by atoms with Gasteiger partial charge in [0.15, 0.2) is 5.79 Å². The van der Waals surface area contributed by atoms with E-state index in [0.717, 1.165) is 36.5 Å². The van der Waals surface area contributed by atoms with Crippen molar-refractivity contribution in [2.75, 3.05) is 19.7 Å². The highest BCUT2D eigenvalue weighted by Gasteiger charge is 2.42. The first-order chi connectivity index (χ1) is 8.27. The fourth-order valence-electron chi connectivity index (χ4n) is 2.47. The molecule has 3 rings (SSSR count). The van der Waals surface area contributed by atoms with Crippen molar-refractivity contribution in [2.45, 2.75) is 24.7 Å². The molecule has 1 aromatic rings. The zero-order valence-corrected chi connectivity index (χ0v) is 10.4. The molecule has 2 fully saturated rings. The highest BCUT2D eigenvalue weighted by Crippen LogP contribution is 2.38. The topological polar surface area (TPSA) is 30.5 Å². The molecule has 0 amide bonds. The lowest BCUT2D eigenvalue weighted by atomic mass is 10.1. The Morgan fingerprint density at radius 3 is 2.59 bits per heavy atom. The quantitative estimate of drug-likeness (QED) is 0.834. The third kappa shape index (κ3) is 2.33. The zero-order chi connectivity index (χ0) is 11.7. The molecule has 17 heavy (non-hydrogen) atoms. The van der Waals surface area contributed by atoms with E-state index in [9.17, 15) is 0 Å². The first-order valence-corrected chi connectivity index (χ1v) is 6.43. The van der Waals surface area contributed by atoms with Crippen molar-refractivity contribution in [3.05, 3.63) is 34.9 Å². The van der Waals surface area contributed by atoms with Gasteiger partial charge in [0.05, 0.1) is 6.61 Å². The number of benzene rings is 1. The number of piperidine rings is 1. The Balaban J connectivity index is 1.72. The van der Waals surface area contributed by atoms with Crippen molar-refractivity contribution in [1.29, 1.82) is 0 Å². The lowest BCUT2D eigenvalue weighted by Gasteiger charge is -2.32. The van der Waals surface area contributed by atoms with E-state index in [-0.39, 0.29) is 11.9 Å². The molecule has 0 bridgehead atoms. The summed E-state index contributed by atoms with van der Waals surface area (Å²) in [4.78, 5) is 0. The van der Waals surface area contributed by atoms with E-state index >= 15 is 0 Å². The van der Waals surface area contributed by atoms with E-state index in [4.69, 9.17) is 21.1 Å². The third-order valence-corrected chi connectivity index (χ3v) is 3.71. The van der Waals surface area contributed by atoms with Crippen LogP contribution in [0.25, 0.3) is 0 Å². The highest BCUT2D eigenvalue weighted by atomic mass is 35.5. The predicted octanol–water partition coefficient (Wildman–Crippen LogP) is 2.51. The van der Waals surface area contributed by atoms with Crippen LogP contribution in [0.1, 0.15) is 24.5 Å². The van der Waals surface area contributed by atoms with Gasteiger partial charge in [-0.1, -0.05) is 23.7 Å². The minimum atomic E-state index is -0.352. The van der Waals surface area contributed by atoms with Crippen LogP contribution in [0.2, 0.25) is 5.02 Å². The highest BCUT2D eigenvalue weighted by molar-refractivity contribution is 6.30. The largest absolute Gasteiger partial charge is 0.347 e.